The first-order valence-electron chi connectivity index (χ1n) is 7.15. The van der Waals surface area contributed by atoms with Gasteiger partial charge in [-0.05, 0) is 49.2 Å². The fourth-order valence-electron chi connectivity index (χ4n) is 2.59. The van der Waals surface area contributed by atoms with E-state index in [4.69, 9.17) is 0 Å². The van der Waals surface area contributed by atoms with Crippen molar-refractivity contribution in [3.8, 4) is 17.1 Å². The van der Waals surface area contributed by atoms with Crippen LogP contribution in [0.5, 0.6) is 5.75 Å². The van der Waals surface area contributed by atoms with Gasteiger partial charge in [-0.25, -0.2) is 4.98 Å². The van der Waals surface area contributed by atoms with Crippen molar-refractivity contribution in [2.75, 3.05) is 0 Å². The standard InChI is InChI=1S/C16H13F3N2O3S/c1-9-7-11(24-25(22,23)16(17,18)19)8-10(2)14(9)15-20-12-5-3-4-6-13(12)21-15/h3-8H,1-2H3,(H,20,21). The third-order valence-electron chi connectivity index (χ3n) is 3.62. The van der Waals surface area contributed by atoms with E-state index >= 15 is 0 Å². The van der Waals surface area contributed by atoms with Crippen LogP contribution < -0.4 is 4.18 Å². The highest BCUT2D eigenvalue weighted by Crippen LogP contribution is 2.33. The van der Waals surface area contributed by atoms with Gasteiger partial charge in [0.15, 0.2) is 0 Å². The zero-order chi connectivity index (χ0) is 18.4. The molecule has 0 saturated carbocycles. The van der Waals surface area contributed by atoms with Gasteiger partial charge in [-0.3, -0.25) is 0 Å². The zero-order valence-electron chi connectivity index (χ0n) is 13.2. The van der Waals surface area contributed by atoms with Crippen molar-refractivity contribution in [1.82, 2.24) is 9.97 Å². The van der Waals surface area contributed by atoms with Gasteiger partial charge in [-0.1, -0.05) is 12.1 Å². The van der Waals surface area contributed by atoms with E-state index in [1.807, 2.05) is 24.3 Å². The number of nitrogens with one attached hydrogen (secondary N) is 1. The fraction of sp³-hybridized carbons (Fsp3) is 0.188. The Kier molecular flexibility index (Phi) is 3.98. The number of fused-ring (bicyclic) bond motifs is 1. The first kappa shape index (κ1) is 17.3. The number of hydrogen-bond donors (Lipinski definition) is 1. The molecule has 1 aromatic heterocycles. The lowest BCUT2D eigenvalue weighted by molar-refractivity contribution is -0.0500. The second kappa shape index (κ2) is 5.76. The molecule has 0 fully saturated rings. The van der Waals surface area contributed by atoms with Gasteiger partial charge < -0.3 is 9.17 Å². The van der Waals surface area contributed by atoms with E-state index in [2.05, 4.69) is 14.2 Å². The molecule has 5 nitrogen and oxygen atoms in total. The molecule has 0 unspecified atom stereocenters. The van der Waals surface area contributed by atoms with Gasteiger partial charge in [-0.2, -0.15) is 21.6 Å². The molecule has 0 bridgehead atoms. The highest BCUT2D eigenvalue weighted by atomic mass is 32.2. The molecule has 0 saturated heterocycles. The van der Waals surface area contributed by atoms with Crippen molar-refractivity contribution in [3.63, 3.8) is 0 Å². The van der Waals surface area contributed by atoms with Crippen molar-refractivity contribution in [2.24, 2.45) is 0 Å². The molecule has 1 N–H and O–H groups in total. The Labute approximate surface area is 141 Å². The molecule has 9 heteroatoms. The lowest BCUT2D eigenvalue weighted by Gasteiger charge is -2.13. The number of benzene rings is 2. The van der Waals surface area contributed by atoms with Crippen LogP contribution in [0.25, 0.3) is 22.4 Å². The Hall–Kier alpha value is -2.55. The molecule has 0 amide bonds. The molecule has 3 aromatic rings. The highest BCUT2D eigenvalue weighted by Gasteiger charge is 2.48. The Morgan fingerprint density at radius 2 is 1.68 bits per heavy atom. The average molecular weight is 370 g/mol. The maximum atomic E-state index is 12.5. The van der Waals surface area contributed by atoms with Crippen LogP contribution in [0.15, 0.2) is 36.4 Å². The number of aryl methyl sites for hydroxylation is 2. The average Bonchev–Trinajstić information content (AvgIpc) is 2.87. The predicted molar refractivity (Wildman–Crippen MR) is 86.6 cm³/mol. The normalized spacial score (nSPS) is 12.5. The number of aromatic amines is 1. The highest BCUT2D eigenvalue weighted by molar-refractivity contribution is 7.88. The monoisotopic (exact) mass is 370 g/mol. The maximum Gasteiger partial charge on any atom is 0.534 e. The van der Waals surface area contributed by atoms with Gasteiger partial charge in [0.25, 0.3) is 0 Å². The van der Waals surface area contributed by atoms with Crippen LogP contribution in [0.2, 0.25) is 0 Å². The summed E-state index contributed by atoms with van der Waals surface area (Å²) in [7, 11) is -5.71. The minimum atomic E-state index is -5.71. The summed E-state index contributed by atoms with van der Waals surface area (Å²) in [5.74, 6) is 0.147. The molecule has 0 radical (unpaired) electrons. The van der Waals surface area contributed by atoms with E-state index in [9.17, 15) is 21.6 Å². The Balaban J connectivity index is 2.04. The molecule has 0 aliphatic heterocycles. The molecule has 132 valence electrons. The van der Waals surface area contributed by atoms with Gasteiger partial charge >= 0.3 is 15.6 Å². The predicted octanol–water partition coefficient (Wildman–Crippen LogP) is 4.08. The van der Waals surface area contributed by atoms with E-state index in [0.717, 1.165) is 11.0 Å². The minimum Gasteiger partial charge on any atom is -0.376 e. The molecule has 0 spiro atoms. The van der Waals surface area contributed by atoms with Crippen LogP contribution in [0, 0.1) is 13.8 Å². The summed E-state index contributed by atoms with van der Waals surface area (Å²) in [6.45, 7) is 3.28. The minimum absolute atomic E-state index is 0.396. The van der Waals surface area contributed by atoms with E-state index in [1.54, 1.807) is 13.8 Å². The van der Waals surface area contributed by atoms with E-state index in [-0.39, 0.29) is 0 Å². The number of imidazole rings is 1. The van der Waals surface area contributed by atoms with Gasteiger partial charge in [-0.15, -0.1) is 0 Å². The van der Waals surface area contributed by atoms with Gasteiger partial charge in [0.2, 0.25) is 0 Å². The largest absolute Gasteiger partial charge is 0.534 e. The topological polar surface area (TPSA) is 72.1 Å². The van der Waals surface area contributed by atoms with E-state index < -0.39 is 21.4 Å². The molecule has 0 aliphatic carbocycles. The second-order valence-electron chi connectivity index (χ2n) is 5.52. The summed E-state index contributed by atoms with van der Waals surface area (Å²) < 4.78 is 63.9. The first-order valence-corrected chi connectivity index (χ1v) is 8.56. The number of para-hydroxylation sites is 2. The molecule has 2 aromatic carbocycles. The number of nitrogens with zero attached hydrogens (tertiary/aromatic N) is 1. The van der Waals surface area contributed by atoms with Crippen LogP contribution in [-0.2, 0) is 10.1 Å². The molecule has 0 atom stereocenters. The number of hydrogen-bond acceptors (Lipinski definition) is 4. The van der Waals surface area contributed by atoms with Gasteiger partial charge in [0, 0.05) is 5.56 Å². The van der Waals surface area contributed by atoms with E-state index in [0.29, 0.717) is 22.5 Å². The SMILES string of the molecule is Cc1cc(OS(=O)(=O)C(F)(F)F)cc(C)c1-c1nc2ccccc2[nH]1. The third-order valence-corrected chi connectivity index (χ3v) is 4.60. The van der Waals surface area contributed by atoms with Crippen LogP contribution in [0.3, 0.4) is 0 Å². The third kappa shape index (κ3) is 3.19. The fourth-order valence-corrected chi connectivity index (χ4v) is 3.03. The smallest absolute Gasteiger partial charge is 0.376 e. The number of rotatable bonds is 3. The summed E-state index contributed by atoms with van der Waals surface area (Å²) in [5, 5.41) is 0. The lowest BCUT2D eigenvalue weighted by Crippen LogP contribution is -2.28. The van der Waals surface area contributed by atoms with Crippen molar-refractivity contribution in [3.05, 3.63) is 47.5 Å². The summed E-state index contributed by atoms with van der Waals surface area (Å²) >= 11 is 0. The number of halogens is 3. The van der Waals surface area contributed by atoms with Crippen LogP contribution in [0.1, 0.15) is 11.1 Å². The summed E-state index contributed by atoms with van der Waals surface area (Å²) in [5.41, 5.74) is -2.18. The molecule has 3 rings (SSSR count). The number of H-pyrrole nitrogens is 1. The van der Waals surface area contributed by atoms with Gasteiger partial charge in [0.05, 0.1) is 11.0 Å². The van der Waals surface area contributed by atoms with Crippen molar-refractivity contribution >= 4 is 21.2 Å². The van der Waals surface area contributed by atoms with Crippen LogP contribution in [0.4, 0.5) is 13.2 Å². The van der Waals surface area contributed by atoms with Crippen molar-refractivity contribution < 1.29 is 25.8 Å². The lowest BCUT2D eigenvalue weighted by atomic mass is 10.0. The maximum absolute atomic E-state index is 12.5. The molecule has 0 aliphatic rings. The quantitative estimate of drug-likeness (QED) is 0.557. The molecular formula is C16H13F3N2O3S. The van der Waals surface area contributed by atoms with Gasteiger partial charge in [0.1, 0.15) is 11.6 Å². The van der Waals surface area contributed by atoms with Crippen LogP contribution in [-0.4, -0.2) is 23.9 Å². The summed E-state index contributed by atoms with van der Waals surface area (Å²) in [6.07, 6.45) is 0. The number of aromatic nitrogens is 2. The van der Waals surface area contributed by atoms with E-state index in [1.165, 1.54) is 12.1 Å². The molecule has 25 heavy (non-hydrogen) atoms. The molecular weight excluding hydrogens is 357 g/mol. The molecule has 1 heterocycles. The first-order chi connectivity index (χ1) is 11.6. The van der Waals surface area contributed by atoms with Crippen molar-refractivity contribution in [2.45, 2.75) is 19.4 Å². The Morgan fingerprint density at radius 3 is 2.24 bits per heavy atom. The second-order valence-corrected chi connectivity index (χ2v) is 7.06. The Bertz CT molecular complexity index is 1000. The Morgan fingerprint density at radius 1 is 1.08 bits per heavy atom. The zero-order valence-corrected chi connectivity index (χ0v) is 14.0. The summed E-state index contributed by atoms with van der Waals surface area (Å²) in [6, 6.07) is 9.84. The summed E-state index contributed by atoms with van der Waals surface area (Å²) in [4.78, 5) is 7.59. The van der Waals surface area contributed by atoms with Crippen molar-refractivity contribution in [1.29, 1.82) is 0 Å². The van der Waals surface area contributed by atoms with Crippen LogP contribution >= 0.6 is 0 Å². The number of alkyl halides is 3.